The quantitative estimate of drug-likeness (QED) is 0.947. The number of carbonyl (C=O) groups is 1. The molecule has 114 valence electrons. The number of aryl methyl sites for hydroxylation is 1. The van der Waals surface area contributed by atoms with Crippen LogP contribution >= 0.6 is 0 Å². The Morgan fingerprint density at radius 3 is 2.36 bits per heavy atom. The van der Waals surface area contributed by atoms with Gasteiger partial charge >= 0.3 is 0 Å². The first-order chi connectivity index (χ1) is 10.6. The Morgan fingerprint density at radius 2 is 1.68 bits per heavy atom. The minimum absolute atomic E-state index is 0.164. The lowest BCUT2D eigenvalue weighted by atomic mass is 10.1. The Hall–Kier alpha value is -2.49. The third-order valence-electron chi connectivity index (χ3n) is 3.69. The molecule has 0 radical (unpaired) electrons. The van der Waals surface area contributed by atoms with Crippen molar-refractivity contribution in [3.63, 3.8) is 0 Å². The lowest BCUT2D eigenvalue weighted by molar-refractivity contribution is -0.133. The van der Waals surface area contributed by atoms with E-state index in [1.807, 2.05) is 62.4 Å². The summed E-state index contributed by atoms with van der Waals surface area (Å²) in [6.07, 6.45) is -0.965. The van der Waals surface area contributed by atoms with E-state index in [0.29, 0.717) is 18.0 Å². The molecule has 1 heterocycles. The molecule has 2 aromatic carbocycles. The number of hydrogen-bond donors (Lipinski definition) is 1. The van der Waals surface area contributed by atoms with Crippen molar-refractivity contribution >= 4 is 5.91 Å². The lowest BCUT2D eigenvalue weighted by Gasteiger charge is -2.31. The SMILES string of the molecule is Cc1ccc(CNC(=O)[C@@H]2Oc3ccccc3O[C@H]2C)cc1. The topological polar surface area (TPSA) is 47.6 Å². The molecule has 1 amide bonds. The number of nitrogens with one attached hydrogen (secondary N) is 1. The van der Waals surface area contributed by atoms with E-state index in [2.05, 4.69) is 5.32 Å². The number of rotatable bonds is 3. The lowest BCUT2D eigenvalue weighted by Crippen LogP contribution is -2.48. The van der Waals surface area contributed by atoms with Crippen LogP contribution in [0.5, 0.6) is 11.5 Å². The van der Waals surface area contributed by atoms with Crippen LogP contribution in [-0.2, 0) is 11.3 Å². The van der Waals surface area contributed by atoms with Gasteiger partial charge < -0.3 is 14.8 Å². The molecule has 1 aliphatic rings. The molecule has 1 aliphatic heterocycles. The number of fused-ring (bicyclic) bond motifs is 1. The number of ether oxygens (including phenoxy) is 2. The van der Waals surface area contributed by atoms with Gasteiger partial charge in [-0.1, -0.05) is 42.0 Å². The van der Waals surface area contributed by atoms with Crippen LogP contribution in [0.25, 0.3) is 0 Å². The van der Waals surface area contributed by atoms with Gasteiger partial charge in [-0.05, 0) is 31.5 Å². The maximum atomic E-state index is 12.3. The molecule has 0 aromatic heterocycles. The van der Waals surface area contributed by atoms with Gasteiger partial charge in [0.25, 0.3) is 5.91 Å². The van der Waals surface area contributed by atoms with Crippen LogP contribution in [0.3, 0.4) is 0 Å². The highest BCUT2D eigenvalue weighted by molar-refractivity contribution is 5.82. The third-order valence-corrected chi connectivity index (χ3v) is 3.69. The number of para-hydroxylation sites is 2. The highest BCUT2D eigenvalue weighted by atomic mass is 16.6. The van der Waals surface area contributed by atoms with Gasteiger partial charge in [0.15, 0.2) is 11.5 Å². The molecule has 2 atom stereocenters. The van der Waals surface area contributed by atoms with E-state index in [-0.39, 0.29) is 12.0 Å². The van der Waals surface area contributed by atoms with E-state index in [0.717, 1.165) is 5.56 Å². The number of benzene rings is 2. The number of carbonyl (C=O) groups excluding carboxylic acids is 1. The summed E-state index contributed by atoms with van der Waals surface area (Å²) in [6.45, 7) is 4.36. The Morgan fingerprint density at radius 1 is 1.05 bits per heavy atom. The van der Waals surface area contributed by atoms with Gasteiger partial charge in [-0.25, -0.2) is 0 Å². The molecular weight excluding hydrogens is 278 g/mol. The molecule has 4 nitrogen and oxygen atoms in total. The van der Waals surface area contributed by atoms with E-state index in [1.54, 1.807) is 0 Å². The van der Waals surface area contributed by atoms with Gasteiger partial charge in [-0.3, -0.25) is 4.79 Å². The van der Waals surface area contributed by atoms with Crippen LogP contribution in [0.15, 0.2) is 48.5 Å². The van der Waals surface area contributed by atoms with Crippen LogP contribution in [-0.4, -0.2) is 18.1 Å². The van der Waals surface area contributed by atoms with Crippen molar-refractivity contribution in [3.05, 3.63) is 59.7 Å². The van der Waals surface area contributed by atoms with Gasteiger partial charge in [0.2, 0.25) is 6.10 Å². The standard InChI is InChI=1S/C18H19NO3/c1-12-7-9-14(10-8-12)11-19-18(20)17-13(2)21-15-5-3-4-6-16(15)22-17/h3-10,13,17H,11H2,1-2H3,(H,19,20)/t13-,17+/m0/s1. The largest absolute Gasteiger partial charge is 0.482 e. The summed E-state index contributed by atoms with van der Waals surface area (Å²) in [5, 5.41) is 2.91. The number of hydrogen-bond acceptors (Lipinski definition) is 3. The third kappa shape index (κ3) is 3.06. The second-order valence-electron chi connectivity index (χ2n) is 5.51. The van der Waals surface area contributed by atoms with Crippen molar-refractivity contribution in [2.24, 2.45) is 0 Å². The fourth-order valence-electron chi connectivity index (χ4n) is 2.40. The zero-order valence-corrected chi connectivity index (χ0v) is 12.7. The second-order valence-corrected chi connectivity index (χ2v) is 5.51. The van der Waals surface area contributed by atoms with E-state index in [9.17, 15) is 4.79 Å². The van der Waals surface area contributed by atoms with Crippen LogP contribution in [0.2, 0.25) is 0 Å². The molecule has 0 aliphatic carbocycles. The molecule has 0 saturated carbocycles. The molecule has 0 saturated heterocycles. The maximum absolute atomic E-state index is 12.3. The van der Waals surface area contributed by atoms with Crippen LogP contribution in [0.4, 0.5) is 0 Å². The van der Waals surface area contributed by atoms with Gasteiger partial charge in [0.05, 0.1) is 0 Å². The summed E-state index contributed by atoms with van der Waals surface area (Å²) in [6, 6.07) is 15.5. The first-order valence-electron chi connectivity index (χ1n) is 7.39. The molecule has 22 heavy (non-hydrogen) atoms. The smallest absolute Gasteiger partial charge is 0.265 e. The van der Waals surface area contributed by atoms with Gasteiger partial charge in [-0.2, -0.15) is 0 Å². The zero-order valence-electron chi connectivity index (χ0n) is 12.7. The summed E-state index contributed by atoms with van der Waals surface area (Å²) >= 11 is 0. The first kappa shape index (κ1) is 14.4. The normalized spacial score (nSPS) is 19.5. The Kier molecular flexibility index (Phi) is 4.00. The van der Waals surface area contributed by atoms with Gasteiger partial charge in [-0.15, -0.1) is 0 Å². The van der Waals surface area contributed by atoms with Crippen LogP contribution in [0.1, 0.15) is 18.1 Å². The minimum Gasteiger partial charge on any atom is -0.482 e. The molecule has 2 aromatic rings. The molecule has 0 bridgehead atoms. The summed E-state index contributed by atoms with van der Waals surface area (Å²) in [7, 11) is 0. The van der Waals surface area contributed by atoms with Crippen molar-refractivity contribution < 1.29 is 14.3 Å². The van der Waals surface area contributed by atoms with Crippen molar-refractivity contribution in [1.82, 2.24) is 5.32 Å². The summed E-state index contributed by atoms with van der Waals surface area (Å²) in [5.74, 6) is 1.12. The average molecular weight is 297 g/mol. The van der Waals surface area contributed by atoms with Crippen molar-refractivity contribution in [2.45, 2.75) is 32.6 Å². The highest BCUT2D eigenvalue weighted by Crippen LogP contribution is 2.33. The van der Waals surface area contributed by atoms with E-state index >= 15 is 0 Å². The second kappa shape index (κ2) is 6.10. The average Bonchev–Trinajstić information content (AvgIpc) is 2.53. The fourth-order valence-corrected chi connectivity index (χ4v) is 2.40. The summed E-state index contributed by atoms with van der Waals surface area (Å²) < 4.78 is 11.5. The summed E-state index contributed by atoms with van der Waals surface area (Å²) in [4.78, 5) is 12.3. The molecule has 4 heteroatoms. The molecule has 3 rings (SSSR count). The van der Waals surface area contributed by atoms with Crippen LogP contribution < -0.4 is 14.8 Å². The highest BCUT2D eigenvalue weighted by Gasteiger charge is 2.33. The number of amides is 1. The molecule has 0 unspecified atom stereocenters. The zero-order chi connectivity index (χ0) is 15.5. The Labute approximate surface area is 130 Å². The molecule has 1 N–H and O–H groups in total. The molecular formula is C18H19NO3. The minimum atomic E-state index is -0.639. The fraction of sp³-hybridized carbons (Fsp3) is 0.278. The van der Waals surface area contributed by atoms with E-state index < -0.39 is 6.10 Å². The first-order valence-corrected chi connectivity index (χ1v) is 7.39. The van der Waals surface area contributed by atoms with Crippen molar-refractivity contribution in [1.29, 1.82) is 0 Å². The Balaban J connectivity index is 1.64. The molecule has 0 spiro atoms. The predicted molar refractivity (Wildman–Crippen MR) is 84.0 cm³/mol. The summed E-state index contributed by atoms with van der Waals surface area (Å²) in [5.41, 5.74) is 2.26. The molecule has 0 fully saturated rings. The van der Waals surface area contributed by atoms with Crippen molar-refractivity contribution in [2.75, 3.05) is 0 Å². The Bertz CT molecular complexity index is 666. The van der Waals surface area contributed by atoms with Crippen LogP contribution in [0, 0.1) is 6.92 Å². The predicted octanol–water partition coefficient (Wildman–Crippen LogP) is 2.84. The van der Waals surface area contributed by atoms with E-state index in [4.69, 9.17) is 9.47 Å². The van der Waals surface area contributed by atoms with Crippen molar-refractivity contribution in [3.8, 4) is 11.5 Å². The maximum Gasteiger partial charge on any atom is 0.265 e. The van der Waals surface area contributed by atoms with Gasteiger partial charge in [0.1, 0.15) is 6.10 Å². The van der Waals surface area contributed by atoms with Gasteiger partial charge in [0, 0.05) is 6.54 Å². The van der Waals surface area contributed by atoms with E-state index in [1.165, 1.54) is 5.56 Å². The monoisotopic (exact) mass is 297 g/mol.